The maximum Gasteiger partial charge on any atom is 0.350 e. The molecule has 0 bridgehead atoms. The Kier molecular flexibility index (Phi) is 4.42. The third kappa shape index (κ3) is 3.51. The first-order valence-electron chi connectivity index (χ1n) is 6.51. The molecular formula is C16H16O5. The zero-order valence-electron chi connectivity index (χ0n) is 11.9. The highest BCUT2D eigenvalue weighted by atomic mass is 16.5. The number of carbonyl (C=O) groups is 1. The van der Waals surface area contributed by atoms with Gasteiger partial charge in [0.25, 0.3) is 0 Å². The maximum absolute atomic E-state index is 12.0. The largest absolute Gasteiger partial charge is 0.507 e. The van der Waals surface area contributed by atoms with Crippen molar-refractivity contribution in [1.82, 2.24) is 0 Å². The number of methoxy groups -OCH3 is 1. The van der Waals surface area contributed by atoms with Crippen LogP contribution in [0.4, 0.5) is 0 Å². The Morgan fingerprint density at radius 2 is 1.95 bits per heavy atom. The molecule has 1 N–H and O–H groups in total. The van der Waals surface area contributed by atoms with Gasteiger partial charge in [0.2, 0.25) is 0 Å². The Morgan fingerprint density at radius 3 is 2.52 bits per heavy atom. The van der Waals surface area contributed by atoms with Crippen LogP contribution in [0.3, 0.4) is 0 Å². The van der Waals surface area contributed by atoms with E-state index in [0.717, 1.165) is 11.3 Å². The fourth-order valence-electron chi connectivity index (χ4n) is 2.03. The molecule has 0 spiro atoms. The Balaban J connectivity index is 2.10. The average molecular weight is 288 g/mol. The molecule has 5 heteroatoms. The second-order valence-corrected chi connectivity index (χ2v) is 4.68. The predicted molar refractivity (Wildman–Crippen MR) is 77.0 cm³/mol. The van der Waals surface area contributed by atoms with E-state index in [1.807, 2.05) is 12.1 Å². The van der Waals surface area contributed by atoms with Gasteiger partial charge in [0.1, 0.15) is 22.8 Å². The van der Waals surface area contributed by atoms with Gasteiger partial charge in [-0.1, -0.05) is 12.1 Å². The van der Waals surface area contributed by atoms with Crippen molar-refractivity contribution >= 4 is 5.78 Å². The summed E-state index contributed by atoms with van der Waals surface area (Å²) in [6, 6.07) is 8.57. The number of ketones is 1. The monoisotopic (exact) mass is 288 g/mol. The Hall–Kier alpha value is -2.56. The zero-order valence-corrected chi connectivity index (χ0v) is 11.9. The molecule has 0 amide bonds. The van der Waals surface area contributed by atoms with E-state index in [1.165, 1.54) is 13.0 Å². The molecular weight excluding hydrogens is 272 g/mol. The first kappa shape index (κ1) is 14.8. The van der Waals surface area contributed by atoms with E-state index in [2.05, 4.69) is 0 Å². The van der Waals surface area contributed by atoms with E-state index in [-0.39, 0.29) is 23.5 Å². The van der Waals surface area contributed by atoms with Crippen LogP contribution in [0.5, 0.6) is 11.5 Å². The number of hydrogen-bond donors (Lipinski definition) is 1. The number of hydrogen-bond acceptors (Lipinski definition) is 5. The summed E-state index contributed by atoms with van der Waals surface area (Å²) in [5.41, 5.74) is -0.138. The summed E-state index contributed by atoms with van der Waals surface area (Å²) in [7, 11) is 1.58. The molecule has 2 rings (SSSR count). The van der Waals surface area contributed by atoms with Crippen molar-refractivity contribution in [2.24, 2.45) is 0 Å². The molecule has 0 atom stereocenters. The van der Waals surface area contributed by atoms with Gasteiger partial charge in [-0.3, -0.25) is 4.79 Å². The first-order valence-corrected chi connectivity index (χ1v) is 6.51. The van der Waals surface area contributed by atoms with Gasteiger partial charge in [-0.2, -0.15) is 0 Å². The van der Waals surface area contributed by atoms with Crippen LogP contribution in [-0.4, -0.2) is 18.0 Å². The Morgan fingerprint density at radius 1 is 1.29 bits per heavy atom. The average Bonchev–Trinajstić information content (AvgIpc) is 2.44. The Labute approximate surface area is 121 Å². The minimum atomic E-state index is -0.799. The van der Waals surface area contributed by atoms with E-state index >= 15 is 0 Å². The van der Waals surface area contributed by atoms with Gasteiger partial charge < -0.3 is 14.3 Å². The van der Waals surface area contributed by atoms with Crippen molar-refractivity contribution in [2.75, 3.05) is 7.11 Å². The van der Waals surface area contributed by atoms with Crippen LogP contribution in [0.15, 0.2) is 39.5 Å². The summed E-state index contributed by atoms with van der Waals surface area (Å²) in [4.78, 5) is 23.7. The van der Waals surface area contributed by atoms with Gasteiger partial charge >= 0.3 is 5.63 Å². The standard InChI is InChI=1S/C16H16O5/c1-10-9-14(18)15(16(19)21-10)13(17)8-5-11-3-6-12(20-2)7-4-11/h3-4,6-7,9,18H,5,8H2,1-2H3. The molecule has 1 heterocycles. The van der Waals surface area contributed by atoms with Gasteiger partial charge in [-0.05, 0) is 31.0 Å². The van der Waals surface area contributed by atoms with Crippen LogP contribution in [0, 0.1) is 6.92 Å². The highest BCUT2D eigenvalue weighted by molar-refractivity contribution is 5.98. The first-order chi connectivity index (χ1) is 10.0. The van der Waals surface area contributed by atoms with Crippen LogP contribution >= 0.6 is 0 Å². The molecule has 0 unspecified atom stereocenters. The molecule has 0 aliphatic carbocycles. The lowest BCUT2D eigenvalue weighted by Crippen LogP contribution is -2.15. The van der Waals surface area contributed by atoms with Crippen LogP contribution < -0.4 is 10.4 Å². The van der Waals surface area contributed by atoms with E-state index in [4.69, 9.17) is 9.15 Å². The molecule has 21 heavy (non-hydrogen) atoms. The van der Waals surface area contributed by atoms with Gasteiger partial charge in [0, 0.05) is 12.5 Å². The lowest BCUT2D eigenvalue weighted by molar-refractivity contribution is 0.0975. The summed E-state index contributed by atoms with van der Waals surface area (Å²) in [5.74, 6) is 0.242. The van der Waals surface area contributed by atoms with Crippen molar-refractivity contribution in [3.63, 3.8) is 0 Å². The molecule has 1 aromatic carbocycles. The van der Waals surface area contributed by atoms with E-state index < -0.39 is 11.4 Å². The summed E-state index contributed by atoms with van der Waals surface area (Å²) < 4.78 is 9.89. The second-order valence-electron chi connectivity index (χ2n) is 4.68. The summed E-state index contributed by atoms with van der Waals surface area (Å²) >= 11 is 0. The molecule has 0 aliphatic rings. The summed E-state index contributed by atoms with van der Waals surface area (Å²) in [5, 5.41) is 9.71. The molecule has 1 aromatic heterocycles. The van der Waals surface area contributed by atoms with Gasteiger partial charge in [-0.15, -0.1) is 0 Å². The number of aryl methyl sites for hydroxylation is 2. The number of aromatic hydroxyl groups is 1. The van der Waals surface area contributed by atoms with Crippen LogP contribution in [0.1, 0.15) is 28.1 Å². The molecule has 0 saturated carbocycles. The van der Waals surface area contributed by atoms with Crippen LogP contribution in [-0.2, 0) is 6.42 Å². The van der Waals surface area contributed by atoms with Crippen molar-refractivity contribution in [2.45, 2.75) is 19.8 Å². The number of Topliss-reactive ketones (excluding diaryl/α,β-unsaturated/α-hetero) is 1. The number of rotatable bonds is 5. The van der Waals surface area contributed by atoms with Crippen molar-refractivity contribution in [3.05, 3.63) is 57.6 Å². The van der Waals surface area contributed by atoms with Gasteiger partial charge in [0.15, 0.2) is 5.78 Å². The smallest absolute Gasteiger partial charge is 0.350 e. The number of ether oxygens (including phenoxy) is 1. The third-order valence-electron chi connectivity index (χ3n) is 3.13. The third-order valence-corrected chi connectivity index (χ3v) is 3.13. The molecule has 5 nitrogen and oxygen atoms in total. The molecule has 0 aliphatic heterocycles. The lowest BCUT2D eigenvalue weighted by atomic mass is 10.0. The van der Waals surface area contributed by atoms with Gasteiger partial charge in [-0.25, -0.2) is 4.79 Å². The summed E-state index contributed by atoms with van der Waals surface area (Å²) in [6.45, 7) is 1.53. The normalized spacial score (nSPS) is 10.4. The van der Waals surface area contributed by atoms with Crippen molar-refractivity contribution in [1.29, 1.82) is 0 Å². The van der Waals surface area contributed by atoms with E-state index in [9.17, 15) is 14.7 Å². The van der Waals surface area contributed by atoms with Crippen molar-refractivity contribution < 1.29 is 19.1 Å². The fourth-order valence-corrected chi connectivity index (χ4v) is 2.03. The zero-order chi connectivity index (χ0) is 15.4. The summed E-state index contributed by atoms with van der Waals surface area (Å²) in [6.07, 6.45) is 0.587. The molecule has 0 radical (unpaired) electrons. The van der Waals surface area contributed by atoms with Crippen LogP contribution in [0.25, 0.3) is 0 Å². The lowest BCUT2D eigenvalue weighted by Gasteiger charge is -2.04. The fraction of sp³-hybridized carbons (Fsp3) is 0.250. The number of carbonyl (C=O) groups excluding carboxylic acids is 1. The van der Waals surface area contributed by atoms with Crippen LogP contribution in [0.2, 0.25) is 0 Å². The molecule has 2 aromatic rings. The molecule has 110 valence electrons. The second kappa shape index (κ2) is 6.26. The topological polar surface area (TPSA) is 76.7 Å². The van der Waals surface area contributed by atoms with E-state index in [1.54, 1.807) is 19.2 Å². The Bertz CT molecular complexity index is 698. The van der Waals surface area contributed by atoms with Crippen molar-refractivity contribution in [3.8, 4) is 11.5 Å². The quantitative estimate of drug-likeness (QED) is 0.855. The minimum absolute atomic E-state index is 0.119. The molecule has 0 saturated heterocycles. The highest BCUT2D eigenvalue weighted by Gasteiger charge is 2.17. The van der Waals surface area contributed by atoms with Gasteiger partial charge in [0.05, 0.1) is 7.11 Å². The number of benzene rings is 1. The minimum Gasteiger partial charge on any atom is -0.507 e. The SMILES string of the molecule is COc1ccc(CCC(=O)c2c(O)cc(C)oc2=O)cc1. The predicted octanol–water partition coefficient (Wildman–Crippen LogP) is 2.48. The molecule has 0 fully saturated rings. The van der Waals surface area contributed by atoms with E-state index in [0.29, 0.717) is 6.42 Å². The highest BCUT2D eigenvalue weighted by Crippen LogP contribution is 2.18. The maximum atomic E-state index is 12.0.